The molecule has 1 unspecified atom stereocenters. The van der Waals surface area contributed by atoms with Crippen molar-refractivity contribution >= 4 is 10.9 Å². The molecule has 3 rings (SSSR count). The molecule has 1 aliphatic rings. The summed E-state index contributed by atoms with van der Waals surface area (Å²) in [5.74, 6) is 0. The highest BCUT2D eigenvalue weighted by molar-refractivity contribution is 5.78. The van der Waals surface area contributed by atoms with Gasteiger partial charge in [0.2, 0.25) is 0 Å². The second-order valence-electron chi connectivity index (χ2n) is 5.44. The molecule has 1 aromatic carbocycles. The van der Waals surface area contributed by atoms with Gasteiger partial charge in [0.25, 0.3) is 0 Å². The molecule has 0 spiro atoms. The van der Waals surface area contributed by atoms with Gasteiger partial charge in [-0.3, -0.25) is 9.88 Å². The van der Waals surface area contributed by atoms with E-state index in [-0.39, 0.29) is 0 Å². The number of hydrogen-bond acceptors (Lipinski definition) is 3. The minimum Gasteiger partial charge on any atom is -0.313 e. The Morgan fingerprint density at radius 3 is 3.11 bits per heavy atom. The lowest BCUT2D eigenvalue weighted by Gasteiger charge is -2.21. The van der Waals surface area contributed by atoms with Gasteiger partial charge in [0, 0.05) is 24.5 Å². The van der Waals surface area contributed by atoms with E-state index in [1.165, 1.54) is 17.5 Å². The van der Waals surface area contributed by atoms with Crippen LogP contribution in [0.25, 0.3) is 10.9 Å². The number of nitrogens with one attached hydrogen (secondary N) is 1. The smallest absolute Gasteiger partial charge is 0.0705 e. The molecule has 3 nitrogen and oxygen atoms in total. The normalized spacial score (nSPS) is 21.4. The summed E-state index contributed by atoms with van der Waals surface area (Å²) >= 11 is 0. The Labute approximate surface area is 114 Å². The van der Waals surface area contributed by atoms with Crippen molar-refractivity contribution < 1.29 is 0 Å². The van der Waals surface area contributed by atoms with Crippen LogP contribution in [0.15, 0.2) is 36.4 Å². The van der Waals surface area contributed by atoms with Crippen molar-refractivity contribution in [2.24, 2.45) is 0 Å². The molecule has 3 heteroatoms. The first-order chi connectivity index (χ1) is 9.31. The molecule has 100 valence electrons. The molecule has 1 aliphatic heterocycles. The van der Waals surface area contributed by atoms with Crippen molar-refractivity contribution in [3.05, 3.63) is 42.1 Å². The van der Waals surface area contributed by atoms with Crippen LogP contribution < -0.4 is 5.32 Å². The molecule has 19 heavy (non-hydrogen) atoms. The molecule has 0 saturated carbocycles. The summed E-state index contributed by atoms with van der Waals surface area (Å²) in [7, 11) is 0. The van der Waals surface area contributed by atoms with Crippen molar-refractivity contribution in [3.8, 4) is 0 Å². The van der Waals surface area contributed by atoms with E-state index in [2.05, 4.69) is 53.5 Å². The van der Waals surface area contributed by atoms with E-state index in [1.54, 1.807) is 0 Å². The Morgan fingerprint density at radius 2 is 2.16 bits per heavy atom. The highest BCUT2D eigenvalue weighted by Crippen LogP contribution is 2.13. The van der Waals surface area contributed by atoms with E-state index >= 15 is 0 Å². The van der Waals surface area contributed by atoms with E-state index in [0.29, 0.717) is 6.04 Å². The third kappa shape index (κ3) is 3.11. The fraction of sp³-hybridized carbons (Fsp3) is 0.438. The number of rotatable bonds is 2. The lowest BCUT2D eigenvalue weighted by Crippen LogP contribution is -2.35. The van der Waals surface area contributed by atoms with Gasteiger partial charge in [0.05, 0.1) is 11.2 Å². The summed E-state index contributed by atoms with van der Waals surface area (Å²) in [6.07, 6.45) is 1.22. The van der Waals surface area contributed by atoms with Crippen molar-refractivity contribution in [1.29, 1.82) is 0 Å². The van der Waals surface area contributed by atoms with Crippen LogP contribution >= 0.6 is 0 Å². The van der Waals surface area contributed by atoms with Gasteiger partial charge in [-0.2, -0.15) is 0 Å². The number of hydrogen-bond donors (Lipinski definition) is 1. The quantitative estimate of drug-likeness (QED) is 0.893. The van der Waals surface area contributed by atoms with Crippen molar-refractivity contribution in [2.75, 3.05) is 19.6 Å². The number of nitrogens with zero attached hydrogens (tertiary/aromatic N) is 2. The molecule has 1 N–H and O–H groups in total. The maximum Gasteiger partial charge on any atom is 0.0705 e. The summed E-state index contributed by atoms with van der Waals surface area (Å²) in [5.41, 5.74) is 2.27. The van der Waals surface area contributed by atoms with Crippen LogP contribution in [0.3, 0.4) is 0 Å². The van der Waals surface area contributed by atoms with Gasteiger partial charge >= 0.3 is 0 Å². The average Bonchev–Trinajstić information content (AvgIpc) is 2.63. The zero-order valence-electron chi connectivity index (χ0n) is 11.5. The fourth-order valence-electron chi connectivity index (χ4n) is 2.76. The van der Waals surface area contributed by atoms with Gasteiger partial charge in [-0.1, -0.05) is 24.3 Å². The topological polar surface area (TPSA) is 28.2 Å². The van der Waals surface area contributed by atoms with Gasteiger partial charge < -0.3 is 5.32 Å². The van der Waals surface area contributed by atoms with Gasteiger partial charge in [-0.15, -0.1) is 0 Å². The predicted octanol–water partition coefficient (Wildman–Crippen LogP) is 2.42. The Bertz CT molecular complexity index is 552. The second-order valence-corrected chi connectivity index (χ2v) is 5.44. The van der Waals surface area contributed by atoms with Gasteiger partial charge in [0.1, 0.15) is 0 Å². The zero-order valence-corrected chi connectivity index (χ0v) is 11.5. The summed E-state index contributed by atoms with van der Waals surface area (Å²) in [4.78, 5) is 7.26. The molecule has 1 fully saturated rings. The molecular weight excluding hydrogens is 234 g/mol. The number of fused-ring (bicyclic) bond motifs is 1. The molecule has 2 aromatic rings. The highest BCUT2D eigenvalue weighted by Gasteiger charge is 2.14. The van der Waals surface area contributed by atoms with Gasteiger partial charge in [0.15, 0.2) is 0 Å². The summed E-state index contributed by atoms with van der Waals surface area (Å²) in [6.45, 7) is 6.60. The molecule has 0 bridgehead atoms. The number of benzene rings is 1. The number of aromatic nitrogens is 1. The van der Waals surface area contributed by atoms with Crippen LogP contribution in [0.1, 0.15) is 19.0 Å². The largest absolute Gasteiger partial charge is 0.313 e. The minimum absolute atomic E-state index is 0.572. The Kier molecular flexibility index (Phi) is 3.76. The van der Waals surface area contributed by atoms with Crippen LogP contribution in [0, 0.1) is 0 Å². The van der Waals surface area contributed by atoms with Crippen molar-refractivity contribution in [1.82, 2.24) is 15.2 Å². The Balaban J connectivity index is 1.76. The molecule has 0 amide bonds. The highest BCUT2D eigenvalue weighted by atomic mass is 15.2. The van der Waals surface area contributed by atoms with Crippen LogP contribution in [0.4, 0.5) is 0 Å². The second kappa shape index (κ2) is 5.68. The molecule has 1 saturated heterocycles. The zero-order chi connectivity index (χ0) is 13.1. The lowest BCUT2D eigenvalue weighted by molar-refractivity contribution is 0.262. The SMILES string of the molecule is CC1CN(Cc2ccc3ccccc3n2)CCCN1. The molecule has 0 aliphatic carbocycles. The first-order valence-corrected chi connectivity index (χ1v) is 7.12. The van der Waals surface area contributed by atoms with E-state index in [4.69, 9.17) is 4.98 Å². The van der Waals surface area contributed by atoms with Crippen molar-refractivity contribution in [2.45, 2.75) is 25.9 Å². The monoisotopic (exact) mass is 255 g/mol. The molecule has 1 aromatic heterocycles. The van der Waals surface area contributed by atoms with Crippen LogP contribution in [-0.2, 0) is 6.54 Å². The van der Waals surface area contributed by atoms with Crippen LogP contribution in [-0.4, -0.2) is 35.6 Å². The standard InChI is InChI=1S/C16H21N3/c1-13-11-19(10-4-9-17-13)12-15-8-7-14-5-2-3-6-16(14)18-15/h2-3,5-8,13,17H,4,9-12H2,1H3. The molecule has 0 radical (unpaired) electrons. The van der Waals surface area contributed by atoms with E-state index in [1.807, 2.05) is 0 Å². The van der Waals surface area contributed by atoms with E-state index in [9.17, 15) is 0 Å². The molecule has 1 atom stereocenters. The van der Waals surface area contributed by atoms with E-state index < -0.39 is 0 Å². The first-order valence-electron chi connectivity index (χ1n) is 7.12. The molecule has 2 heterocycles. The van der Waals surface area contributed by atoms with Gasteiger partial charge in [-0.05, 0) is 38.6 Å². The third-order valence-electron chi connectivity index (χ3n) is 3.72. The Hall–Kier alpha value is -1.45. The third-order valence-corrected chi connectivity index (χ3v) is 3.72. The van der Waals surface area contributed by atoms with Crippen LogP contribution in [0.5, 0.6) is 0 Å². The number of pyridine rings is 1. The predicted molar refractivity (Wildman–Crippen MR) is 79.1 cm³/mol. The summed E-state index contributed by atoms with van der Waals surface area (Å²) in [6, 6.07) is 13.2. The maximum absolute atomic E-state index is 4.76. The van der Waals surface area contributed by atoms with Gasteiger partial charge in [-0.25, -0.2) is 0 Å². The maximum atomic E-state index is 4.76. The molecular formula is C16H21N3. The lowest BCUT2D eigenvalue weighted by atomic mass is 10.2. The minimum atomic E-state index is 0.572. The Morgan fingerprint density at radius 1 is 1.26 bits per heavy atom. The number of para-hydroxylation sites is 1. The van der Waals surface area contributed by atoms with Crippen molar-refractivity contribution in [3.63, 3.8) is 0 Å². The van der Waals surface area contributed by atoms with Crippen LogP contribution in [0.2, 0.25) is 0 Å². The fourth-order valence-corrected chi connectivity index (χ4v) is 2.76. The summed E-state index contributed by atoms with van der Waals surface area (Å²) in [5, 5.41) is 4.75. The van der Waals surface area contributed by atoms with E-state index in [0.717, 1.165) is 31.7 Å². The first kappa shape index (κ1) is 12.6. The summed E-state index contributed by atoms with van der Waals surface area (Å²) < 4.78 is 0. The average molecular weight is 255 g/mol.